The van der Waals surface area contributed by atoms with Gasteiger partial charge >= 0.3 is 0 Å². The summed E-state index contributed by atoms with van der Waals surface area (Å²) in [6.07, 6.45) is 4.24. The molecule has 0 saturated heterocycles. The maximum absolute atomic E-state index is 11.7. The van der Waals surface area contributed by atoms with Crippen molar-refractivity contribution in [3.8, 4) is 0 Å². The summed E-state index contributed by atoms with van der Waals surface area (Å²) in [5, 5.41) is 13.2. The van der Waals surface area contributed by atoms with Crippen LogP contribution in [-0.4, -0.2) is 36.9 Å². The van der Waals surface area contributed by atoms with Gasteiger partial charge in [0.15, 0.2) is 9.84 Å². The standard InChI is InChI=1S/C14H24N2O3S/c1-11(2)7-8-14(3,17)10-16-13-12(20(4,18)19)6-5-9-15-13/h5-6,9,11,17H,7-8,10H2,1-4H3,(H,15,16). The Bertz CT molecular complexity index is 539. The highest BCUT2D eigenvalue weighted by Gasteiger charge is 2.22. The summed E-state index contributed by atoms with van der Waals surface area (Å²) in [4.78, 5) is 4.19. The van der Waals surface area contributed by atoms with Gasteiger partial charge in [0.05, 0.1) is 5.60 Å². The molecule has 1 aromatic heterocycles. The van der Waals surface area contributed by atoms with E-state index in [1.165, 1.54) is 12.3 Å². The summed E-state index contributed by atoms with van der Waals surface area (Å²) in [6.45, 7) is 6.21. The molecule has 0 saturated carbocycles. The minimum absolute atomic E-state index is 0.152. The molecule has 0 amide bonds. The number of pyridine rings is 1. The summed E-state index contributed by atoms with van der Waals surface area (Å²) in [7, 11) is -3.33. The van der Waals surface area contributed by atoms with E-state index in [2.05, 4.69) is 24.1 Å². The van der Waals surface area contributed by atoms with Crippen molar-refractivity contribution in [2.45, 2.75) is 44.1 Å². The maximum Gasteiger partial charge on any atom is 0.179 e. The Morgan fingerprint density at radius 1 is 1.45 bits per heavy atom. The van der Waals surface area contributed by atoms with Gasteiger partial charge in [-0.05, 0) is 37.8 Å². The van der Waals surface area contributed by atoms with Gasteiger partial charge in [0.2, 0.25) is 0 Å². The SMILES string of the molecule is CC(C)CCC(C)(O)CNc1ncccc1S(C)(=O)=O. The van der Waals surface area contributed by atoms with E-state index in [1.54, 1.807) is 13.0 Å². The molecule has 0 aliphatic heterocycles. The molecule has 0 spiro atoms. The van der Waals surface area contributed by atoms with Gasteiger partial charge in [-0.3, -0.25) is 0 Å². The Kier molecular flexibility index (Phi) is 5.53. The smallest absolute Gasteiger partial charge is 0.179 e. The van der Waals surface area contributed by atoms with Crippen LogP contribution in [0.4, 0.5) is 5.82 Å². The fraction of sp³-hybridized carbons (Fsp3) is 0.643. The number of aromatic nitrogens is 1. The topological polar surface area (TPSA) is 79.3 Å². The molecule has 0 bridgehead atoms. The van der Waals surface area contributed by atoms with Crippen LogP contribution in [0.25, 0.3) is 0 Å². The van der Waals surface area contributed by atoms with Gasteiger partial charge in [0.1, 0.15) is 10.7 Å². The van der Waals surface area contributed by atoms with Crippen molar-refractivity contribution >= 4 is 15.7 Å². The third-order valence-corrected chi connectivity index (χ3v) is 4.20. The molecule has 1 rings (SSSR count). The van der Waals surface area contributed by atoms with Gasteiger partial charge in [-0.25, -0.2) is 13.4 Å². The van der Waals surface area contributed by atoms with E-state index in [0.717, 1.165) is 12.7 Å². The first-order chi connectivity index (χ1) is 9.12. The quantitative estimate of drug-likeness (QED) is 0.806. The largest absolute Gasteiger partial charge is 0.388 e. The first-order valence-electron chi connectivity index (χ1n) is 6.73. The van der Waals surface area contributed by atoms with Gasteiger partial charge in [-0.2, -0.15) is 0 Å². The van der Waals surface area contributed by atoms with Gasteiger partial charge in [-0.1, -0.05) is 13.8 Å². The number of hydrogen-bond donors (Lipinski definition) is 2. The molecular weight excluding hydrogens is 276 g/mol. The van der Waals surface area contributed by atoms with Crippen molar-refractivity contribution in [1.82, 2.24) is 4.98 Å². The average molecular weight is 300 g/mol. The number of hydrogen-bond acceptors (Lipinski definition) is 5. The Morgan fingerprint density at radius 3 is 2.65 bits per heavy atom. The van der Waals surface area contributed by atoms with E-state index in [9.17, 15) is 13.5 Å². The van der Waals surface area contributed by atoms with Crippen LogP contribution in [0.3, 0.4) is 0 Å². The third-order valence-electron chi connectivity index (χ3n) is 3.07. The Morgan fingerprint density at radius 2 is 2.10 bits per heavy atom. The molecule has 0 aliphatic carbocycles. The first kappa shape index (κ1) is 16.9. The predicted octanol–water partition coefficient (Wildman–Crippen LogP) is 2.08. The molecule has 2 N–H and O–H groups in total. The number of aliphatic hydroxyl groups is 1. The molecule has 6 heteroatoms. The average Bonchev–Trinajstić information content (AvgIpc) is 2.34. The van der Waals surface area contributed by atoms with Crippen LogP contribution in [-0.2, 0) is 9.84 Å². The van der Waals surface area contributed by atoms with Crippen molar-refractivity contribution in [3.63, 3.8) is 0 Å². The number of nitrogens with one attached hydrogen (secondary N) is 1. The van der Waals surface area contributed by atoms with Crippen LogP contribution in [0.5, 0.6) is 0 Å². The number of rotatable bonds is 7. The highest BCUT2D eigenvalue weighted by atomic mass is 32.2. The Balaban J connectivity index is 2.75. The molecule has 1 unspecified atom stereocenters. The van der Waals surface area contributed by atoms with Crippen LogP contribution in [0.1, 0.15) is 33.6 Å². The monoisotopic (exact) mass is 300 g/mol. The predicted molar refractivity (Wildman–Crippen MR) is 80.5 cm³/mol. The van der Waals surface area contributed by atoms with Gasteiger partial charge < -0.3 is 10.4 Å². The fourth-order valence-corrected chi connectivity index (χ4v) is 2.59. The second kappa shape index (κ2) is 6.54. The van der Waals surface area contributed by atoms with E-state index >= 15 is 0 Å². The zero-order valence-corrected chi connectivity index (χ0v) is 13.4. The molecule has 0 aromatic carbocycles. The lowest BCUT2D eigenvalue weighted by atomic mass is 9.95. The van der Waals surface area contributed by atoms with Gasteiger partial charge in [0.25, 0.3) is 0 Å². The molecular formula is C14H24N2O3S. The van der Waals surface area contributed by atoms with E-state index in [4.69, 9.17) is 0 Å². The fourth-order valence-electron chi connectivity index (χ4n) is 1.78. The Labute approximate surface area is 121 Å². The van der Waals surface area contributed by atoms with Crippen molar-refractivity contribution in [3.05, 3.63) is 18.3 Å². The molecule has 1 heterocycles. The lowest BCUT2D eigenvalue weighted by Gasteiger charge is -2.25. The molecule has 0 aliphatic rings. The highest BCUT2D eigenvalue weighted by Crippen LogP contribution is 2.21. The second-order valence-corrected chi connectivity index (χ2v) is 7.89. The highest BCUT2D eigenvalue weighted by molar-refractivity contribution is 7.90. The minimum Gasteiger partial charge on any atom is -0.388 e. The van der Waals surface area contributed by atoms with Crippen LogP contribution < -0.4 is 5.32 Å². The van der Waals surface area contributed by atoms with Crippen molar-refractivity contribution in [1.29, 1.82) is 0 Å². The molecule has 114 valence electrons. The van der Waals surface area contributed by atoms with Gasteiger partial charge in [-0.15, -0.1) is 0 Å². The summed E-state index contributed by atoms with van der Waals surface area (Å²) in [5.74, 6) is 0.808. The maximum atomic E-state index is 11.7. The van der Waals surface area contributed by atoms with Crippen molar-refractivity contribution < 1.29 is 13.5 Å². The van der Waals surface area contributed by atoms with Gasteiger partial charge in [0, 0.05) is 19.0 Å². The number of nitrogens with zero attached hydrogens (tertiary/aromatic N) is 1. The summed E-state index contributed by atoms with van der Waals surface area (Å²) < 4.78 is 23.3. The molecule has 5 nitrogen and oxygen atoms in total. The molecule has 0 fully saturated rings. The van der Waals surface area contributed by atoms with E-state index in [1.807, 2.05) is 0 Å². The molecule has 0 radical (unpaired) electrons. The van der Waals surface area contributed by atoms with E-state index < -0.39 is 15.4 Å². The van der Waals surface area contributed by atoms with E-state index in [0.29, 0.717) is 18.2 Å². The minimum atomic E-state index is -3.33. The number of anilines is 1. The summed E-state index contributed by atoms with van der Waals surface area (Å²) in [5.41, 5.74) is -0.892. The Hall–Kier alpha value is -1.14. The zero-order chi connectivity index (χ0) is 15.4. The van der Waals surface area contributed by atoms with Crippen LogP contribution in [0, 0.1) is 5.92 Å². The summed E-state index contributed by atoms with van der Waals surface area (Å²) in [6, 6.07) is 3.09. The third kappa shape index (κ3) is 5.46. The summed E-state index contributed by atoms with van der Waals surface area (Å²) >= 11 is 0. The second-order valence-electron chi connectivity index (χ2n) is 5.91. The molecule has 1 aromatic rings. The van der Waals surface area contributed by atoms with Crippen LogP contribution >= 0.6 is 0 Å². The lowest BCUT2D eigenvalue weighted by molar-refractivity contribution is 0.0585. The van der Waals surface area contributed by atoms with E-state index in [-0.39, 0.29) is 11.4 Å². The normalized spacial score (nSPS) is 15.1. The lowest BCUT2D eigenvalue weighted by Crippen LogP contribution is -2.34. The van der Waals surface area contributed by atoms with Crippen molar-refractivity contribution in [2.24, 2.45) is 5.92 Å². The van der Waals surface area contributed by atoms with Crippen LogP contribution in [0.2, 0.25) is 0 Å². The molecule has 1 atom stereocenters. The van der Waals surface area contributed by atoms with Crippen molar-refractivity contribution in [2.75, 3.05) is 18.1 Å². The van der Waals surface area contributed by atoms with Crippen LogP contribution in [0.15, 0.2) is 23.2 Å². The number of sulfone groups is 1. The zero-order valence-electron chi connectivity index (χ0n) is 12.5. The molecule has 20 heavy (non-hydrogen) atoms. The first-order valence-corrected chi connectivity index (χ1v) is 8.62.